The lowest BCUT2D eigenvalue weighted by molar-refractivity contribution is 0.434. The number of hydrogen-bond acceptors (Lipinski definition) is 4. The molecule has 0 spiro atoms. The topological polar surface area (TPSA) is 65.2 Å². The molecule has 0 bridgehead atoms. The molecule has 2 N–H and O–H groups in total. The molecule has 2 aromatic rings. The molecule has 108 valence electrons. The first kappa shape index (κ1) is 14.8. The average molecular weight is 282 g/mol. The molecule has 0 aliphatic carbocycles. The quantitative estimate of drug-likeness (QED) is 0.808. The maximum absolute atomic E-state index is 10.1. The van der Waals surface area contributed by atoms with Gasteiger partial charge in [-0.15, -0.1) is 0 Å². The van der Waals surface area contributed by atoms with Crippen LogP contribution in [-0.2, 0) is 0 Å². The smallest absolute Gasteiger partial charge is 0.123 e. The highest BCUT2D eigenvalue weighted by Crippen LogP contribution is 2.40. The van der Waals surface area contributed by atoms with Gasteiger partial charge in [0.2, 0.25) is 0 Å². The molecule has 0 saturated heterocycles. The molecule has 0 heterocycles. The Morgan fingerprint density at radius 2 is 1.43 bits per heavy atom. The zero-order chi connectivity index (χ0) is 15.6. The van der Waals surface area contributed by atoms with E-state index >= 15 is 0 Å². The van der Waals surface area contributed by atoms with Gasteiger partial charge in [0, 0.05) is 5.56 Å². The zero-order valence-electron chi connectivity index (χ0n) is 12.2. The minimum absolute atomic E-state index is 0.0387. The van der Waals surface area contributed by atoms with Crippen molar-refractivity contribution in [3.8, 4) is 22.6 Å². The van der Waals surface area contributed by atoms with E-state index in [-0.39, 0.29) is 17.4 Å². The summed E-state index contributed by atoms with van der Waals surface area (Å²) in [4.78, 5) is 7.78. The van der Waals surface area contributed by atoms with Crippen molar-refractivity contribution in [1.29, 1.82) is 0 Å². The number of nitrogens with zero attached hydrogens (tertiary/aromatic N) is 2. The second-order valence-corrected chi connectivity index (χ2v) is 5.10. The van der Waals surface area contributed by atoms with Gasteiger partial charge in [-0.1, -0.05) is 19.9 Å². The van der Waals surface area contributed by atoms with E-state index in [0.29, 0.717) is 22.5 Å². The van der Waals surface area contributed by atoms with E-state index in [1.807, 2.05) is 19.9 Å². The molecule has 21 heavy (non-hydrogen) atoms. The summed E-state index contributed by atoms with van der Waals surface area (Å²) >= 11 is 0. The fourth-order valence-electron chi connectivity index (χ4n) is 2.34. The molecule has 0 aliphatic rings. The first-order chi connectivity index (χ1) is 9.97. The largest absolute Gasteiger partial charge is 0.507 e. The Labute approximate surface area is 124 Å². The molecule has 0 fully saturated rings. The van der Waals surface area contributed by atoms with Gasteiger partial charge in [-0.05, 0) is 54.7 Å². The maximum Gasteiger partial charge on any atom is 0.123 e. The number of phenols is 2. The highest BCUT2D eigenvalue weighted by Gasteiger charge is 2.14. The molecule has 0 unspecified atom stereocenters. The van der Waals surface area contributed by atoms with Crippen LogP contribution in [0.25, 0.3) is 11.1 Å². The van der Waals surface area contributed by atoms with Gasteiger partial charge in [-0.3, -0.25) is 9.98 Å². The number of benzene rings is 2. The molecular formula is C17H18N2O2. The highest BCUT2D eigenvalue weighted by molar-refractivity contribution is 5.77. The van der Waals surface area contributed by atoms with Crippen molar-refractivity contribution in [2.24, 2.45) is 9.98 Å². The van der Waals surface area contributed by atoms with Crippen LogP contribution in [0, 0.1) is 0 Å². The fourth-order valence-corrected chi connectivity index (χ4v) is 2.34. The monoisotopic (exact) mass is 282 g/mol. The van der Waals surface area contributed by atoms with Gasteiger partial charge in [-0.2, -0.15) is 0 Å². The Morgan fingerprint density at radius 1 is 0.857 bits per heavy atom. The number of aromatic hydroxyl groups is 2. The van der Waals surface area contributed by atoms with E-state index in [4.69, 9.17) is 0 Å². The van der Waals surface area contributed by atoms with Crippen LogP contribution in [0.5, 0.6) is 11.5 Å². The van der Waals surface area contributed by atoms with Gasteiger partial charge >= 0.3 is 0 Å². The van der Waals surface area contributed by atoms with E-state index in [1.54, 1.807) is 24.3 Å². The molecule has 0 saturated carbocycles. The van der Waals surface area contributed by atoms with E-state index in [0.717, 1.165) is 5.56 Å². The van der Waals surface area contributed by atoms with Crippen molar-refractivity contribution >= 4 is 24.8 Å². The lowest BCUT2D eigenvalue weighted by atomic mass is 9.96. The summed E-state index contributed by atoms with van der Waals surface area (Å²) in [5.74, 6) is 0.204. The van der Waals surface area contributed by atoms with Crippen molar-refractivity contribution in [1.82, 2.24) is 0 Å². The summed E-state index contributed by atoms with van der Waals surface area (Å²) in [6.45, 7) is 10.8. The predicted molar refractivity (Wildman–Crippen MR) is 87.7 cm³/mol. The lowest BCUT2D eigenvalue weighted by Crippen LogP contribution is -1.90. The maximum atomic E-state index is 10.1. The average Bonchev–Trinajstić information content (AvgIpc) is 2.45. The first-order valence-electron chi connectivity index (χ1n) is 6.61. The van der Waals surface area contributed by atoms with Gasteiger partial charge in [-0.25, -0.2) is 0 Å². The Balaban J connectivity index is 2.57. The Kier molecular flexibility index (Phi) is 4.08. The third kappa shape index (κ3) is 2.79. The van der Waals surface area contributed by atoms with Crippen LogP contribution in [0.15, 0.2) is 40.3 Å². The van der Waals surface area contributed by atoms with Crippen LogP contribution in [0.4, 0.5) is 11.4 Å². The molecular weight excluding hydrogens is 264 g/mol. The molecule has 0 atom stereocenters. The number of rotatable bonds is 4. The molecule has 2 aromatic carbocycles. The minimum Gasteiger partial charge on any atom is -0.507 e. The van der Waals surface area contributed by atoms with E-state index in [9.17, 15) is 10.2 Å². The minimum atomic E-state index is 0.0387. The van der Waals surface area contributed by atoms with Crippen molar-refractivity contribution in [2.75, 3.05) is 0 Å². The zero-order valence-corrected chi connectivity index (χ0v) is 12.2. The SMILES string of the molecule is C=Nc1ccc(-c2cc(O)c(C(C)C)c(O)c2)cc1N=C. The van der Waals surface area contributed by atoms with Crippen molar-refractivity contribution < 1.29 is 10.2 Å². The van der Waals surface area contributed by atoms with Crippen LogP contribution in [0.2, 0.25) is 0 Å². The Bertz CT molecular complexity index is 683. The van der Waals surface area contributed by atoms with Crippen molar-refractivity contribution in [2.45, 2.75) is 19.8 Å². The summed E-state index contributed by atoms with van der Waals surface area (Å²) in [5.41, 5.74) is 3.31. The van der Waals surface area contributed by atoms with Crippen LogP contribution in [0.1, 0.15) is 25.3 Å². The van der Waals surface area contributed by atoms with Gasteiger partial charge < -0.3 is 10.2 Å². The lowest BCUT2D eigenvalue weighted by Gasteiger charge is -2.13. The van der Waals surface area contributed by atoms with Crippen LogP contribution in [-0.4, -0.2) is 23.6 Å². The second kappa shape index (κ2) is 5.79. The van der Waals surface area contributed by atoms with Gasteiger partial charge in [0.1, 0.15) is 11.5 Å². The summed E-state index contributed by atoms with van der Waals surface area (Å²) in [7, 11) is 0. The third-order valence-electron chi connectivity index (χ3n) is 3.36. The highest BCUT2D eigenvalue weighted by atomic mass is 16.3. The summed E-state index contributed by atoms with van der Waals surface area (Å²) < 4.78 is 0. The van der Waals surface area contributed by atoms with Crippen LogP contribution >= 0.6 is 0 Å². The van der Waals surface area contributed by atoms with Crippen LogP contribution < -0.4 is 0 Å². The summed E-state index contributed by atoms with van der Waals surface area (Å²) in [6, 6.07) is 8.68. The van der Waals surface area contributed by atoms with E-state index in [2.05, 4.69) is 23.4 Å². The molecule has 0 amide bonds. The fraction of sp³-hybridized carbons (Fsp3) is 0.176. The Morgan fingerprint density at radius 3 is 1.90 bits per heavy atom. The molecule has 4 heteroatoms. The summed E-state index contributed by atoms with van der Waals surface area (Å²) in [5, 5.41) is 20.2. The van der Waals surface area contributed by atoms with Gasteiger partial charge in [0.25, 0.3) is 0 Å². The molecule has 4 nitrogen and oxygen atoms in total. The van der Waals surface area contributed by atoms with E-state index < -0.39 is 0 Å². The molecule has 0 aromatic heterocycles. The summed E-state index contributed by atoms with van der Waals surface area (Å²) in [6.07, 6.45) is 0. The van der Waals surface area contributed by atoms with Gasteiger partial charge in [0.05, 0.1) is 11.4 Å². The Hall–Kier alpha value is -2.62. The molecule has 2 rings (SSSR count). The standard InChI is InChI=1S/C17H18N2O2/c1-10(2)17-15(20)8-12(9-16(17)21)11-5-6-13(18-3)14(7-11)19-4/h5-10,20-21H,3-4H2,1-2H3. The normalized spacial score (nSPS) is 10.6. The molecule has 0 radical (unpaired) electrons. The number of aliphatic imine (C=N–C) groups is 2. The number of hydrogen-bond donors (Lipinski definition) is 2. The second-order valence-electron chi connectivity index (χ2n) is 5.10. The van der Waals surface area contributed by atoms with E-state index in [1.165, 1.54) is 0 Å². The predicted octanol–water partition coefficient (Wildman–Crippen LogP) is 4.55. The van der Waals surface area contributed by atoms with Gasteiger partial charge in [0.15, 0.2) is 0 Å². The van der Waals surface area contributed by atoms with Crippen molar-refractivity contribution in [3.63, 3.8) is 0 Å². The first-order valence-corrected chi connectivity index (χ1v) is 6.61. The van der Waals surface area contributed by atoms with Crippen molar-refractivity contribution in [3.05, 3.63) is 35.9 Å². The third-order valence-corrected chi connectivity index (χ3v) is 3.36. The van der Waals surface area contributed by atoms with Crippen LogP contribution in [0.3, 0.4) is 0 Å². The number of phenolic OH excluding ortho intramolecular Hbond substituents is 2. The molecule has 0 aliphatic heterocycles.